The van der Waals surface area contributed by atoms with Crippen LogP contribution in [0, 0.1) is 0 Å². The van der Waals surface area contributed by atoms with Crippen LogP contribution in [0.2, 0.25) is 0 Å². The van der Waals surface area contributed by atoms with E-state index in [0.29, 0.717) is 18.0 Å². The third-order valence-corrected chi connectivity index (χ3v) is 5.46. The van der Waals surface area contributed by atoms with Crippen LogP contribution in [-0.2, 0) is 12.7 Å². The lowest BCUT2D eigenvalue weighted by Crippen LogP contribution is -2.45. The number of hydrogen-bond donors (Lipinski definition) is 0. The summed E-state index contributed by atoms with van der Waals surface area (Å²) >= 11 is 0. The van der Waals surface area contributed by atoms with Crippen molar-refractivity contribution in [1.82, 2.24) is 9.47 Å². The Hall–Kier alpha value is -2.47. The van der Waals surface area contributed by atoms with Gasteiger partial charge in [0.15, 0.2) is 0 Å². The molecule has 148 valence electrons. The molecule has 6 heteroatoms. The van der Waals surface area contributed by atoms with Crippen LogP contribution in [0.1, 0.15) is 24.5 Å². The standard InChI is InChI=1S/C22H24F3N3/c1-15-9-10-27(15)18-5-4-6-19(12-18)28-14-16(13-26(2)3)20-11-17(22(23,24)25)7-8-21(20)28/h4-8,11-12,14-15H,9-10,13H2,1-3H3. The molecule has 0 saturated carbocycles. The van der Waals surface area contributed by atoms with Crippen LogP contribution in [0.5, 0.6) is 0 Å². The van der Waals surface area contributed by atoms with Crippen LogP contribution in [0.25, 0.3) is 16.6 Å². The summed E-state index contributed by atoms with van der Waals surface area (Å²) in [7, 11) is 3.84. The summed E-state index contributed by atoms with van der Waals surface area (Å²) < 4.78 is 41.7. The molecule has 0 amide bonds. The minimum atomic E-state index is -4.35. The molecule has 0 aliphatic carbocycles. The molecule has 1 aliphatic rings. The van der Waals surface area contributed by atoms with E-state index in [1.807, 2.05) is 41.9 Å². The minimum absolute atomic E-state index is 0.523. The molecule has 1 saturated heterocycles. The Morgan fingerprint density at radius 1 is 1.07 bits per heavy atom. The second kappa shape index (κ2) is 6.85. The second-order valence-electron chi connectivity index (χ2n) is 7.84. The summed E-state index contributed by atoms with van der Waals surface area (Å²) in [6.45, 7) is 3.82. The van der Waals surface area contributed by atoms with Crippen molar-refractivity contribution in [1.29, 1.82) is 0 Å². The Morgan fingerprint density at radius 2 is 1.82 bits per heavy atom. The molecule has 2 aromatic carbocycles. The van der Waals surface area contributed by atoms with Crippen molar-refractivity contribution >= 4 is 16.6 Å². The summed E-state index contributed by atoms with van der Waals surface area (Å²) in [5.74, 6) is 0. The number of alkyl halides is 3. The van der Waals surface area contributed by atoms with Gasteiger partial charge in [-0.05, 0) is 69.4 Å². The molecule has 0 radical (unpaired) electrons. The van der Waals surface area contributed by atoms with Crippen LogP contribution in [0.3, 0.4) is 0 Å². The monoisotopic (exact) mass is 387 g/mol. The maximum absolute atomic E-state index is 13.2. The van der Waals surface area contributed by atoms with Gasteiger partial charge in [0.25, 0.3) is 0 Å². The molecule has 3 aromatic rings. The number of halogens is 3. The Bertz CT molecular complexity index is 1000. The predicted molar refractivity (Wildman–Crippen MR) is 107 cm³/mol. The summed E-state index contributed by atoms with van der Waals surface area (Å²) in [5.41, 5.74) is 3.18. The van der Waals surface area contributed by atoms with E-state index in [0.717, 1.165) is 29.0 Å². The van der Waals surface area contributed by atoms with E-state index in [2.05, 4.69) is 24.0 Å². The van der Waals surface area contributed by atoms with Gasteiger partial charge in [-0.1, -0.05) is 6.07 Å². The van der Waals surface area contributed by atoms with Gasteiger partial charge in [-0.25, -0.2) is 0 Å². The molecule has 1 aromatic heterocycles. The molecule has 3 nitrogen and oxygen atoms in total. The highest BCUT2D eigenvalue weighted by atomic mass is 19.4. The molecule has 1 unspecified atom stereocenters. The molecular weight excluding hydrogens is 363 g/mol. The van der Waals surface area contributed by atoms with Gasteiger partial charge in [0, 0.05) is 42.1 Å². The molecule has 28 heavy (non-hydrogen) atoms. The lowest BCUT2D eigenvalue weighted by atomic mass is 10.0. The van der Waals surface area contributed by atoms with Gasteiger partial charge < -0.3 is 14.4 Å². The van der Waals surface area contributed by atoms with Crippen LogP contribution in [0.15, 0.2) is 48.7 Å². The maximum atomic E-state index is 13.2. The number of fused-ring (bicyclic) bond motifs is 1. The van der Waals surface area contributed by atoms with Crippen LogP contribution >= 0.6 is 0 Å². The highest BCUT2D eigenvalue weighted by molar-refractivity contribution is 5.86. The lowest BCUT2D eigenvalue weighted by Gasteiger charge is -2.41. The molecule has 0 N–H and O–H groups in total. The average Bonchev–Trinajstić information content (AvgIpc) is 2.97. The van der Waals surface area contributed by atoms with E-state index < -0.39 is 11.7 Å². The second-order valence-corrected chi connectivity index (χ2v) is 7.84. The summed E-state index contributed by atoms with van der Waals surface area (Å²) in [6, 6.07) is 12.8. The highest BCUT2D eigenvalue weighted by Crippen LogP contribution is 2.35. The zero-order chi connectivity index (χ0) is 20.1. The Labute approximate surface area is 163 Å². The van der Waals surface area contributed by atoms with Crippen molar-refractivity contribution in [2.75, 3.05) is 25.5 Å². The topological polar surface area (TPSA) is 11.4 Å². The minimum Gasteiger partial charge on any atom is -0.369 e. The normalized spacial score (nSPS) is 17.4. The van der Waals surface area contributed by atoms with Crippen molar-refractivity contribution in [3.63, 3.8) is 0 Å². The van der Waals surface area contributed by atoms with Crippen molar-refractivity contribution in [3.8, 4) is 5.69 Å². The third-order valence-electron chi connectivity index (χ3n) is 5.46. The first kappa shape index (κ1) is 18.9. The first-order chi connectivity index (χ1) is 13.2. The molecule has 0 spiro atoms. The first-order valence-electron chi connectivity index (χ1n) is 9.47. The summed E-state index contributed by atoms with van der Waals surface area (Å²) in [6.07, 6.45) is -1.20. The molecule has 1 atom stereocenters. The van der Waals surface area contributed by atoms with E-state index in [-0.39, 0.29) is 0 Å². The maximum Gasteiger partial charge on any atom is 0.416 e. The van der Waals surface area contributed by atoms with Crippen LogP contribution in [0.4, 0.5) is 18.9 Å². The van der Waals surface area contributed by atoms with Gasteiger partial charge in [0.05, 0.1) is 11.1 Å². The van der Waals surface area contributed by atoms with E-state index in [1.165, 1.54) is 18.6 Å². The summed E-state index contributed by atoms with van der Waals surface area (Å²) in [4.78, 5) is 4.31. The number of benzene rings is 2. The molecule has 1 aliphatic heterocycles. The molecular formula is C22H24F3N3. The molecule has 0 bridgehead atoms. The van der Waals surface area contributed by atoms with E-state index in [4.69, 9.17) is 0 Å². The Balaban J connectivity index is 1.84. The number of nitrogens with zero attached hydrogens (tertiary/aromatic N) is 3. The Morgan fingerprint density at radius 3 is 2.43 bits per heavy atom. The van der Waals surface area contributed by atoms with Crippen molar-refractivity contribution in [2.24, 2.45) is 0 Å². The zero-order valence-electron chi connectivity index (χ0n) is 16.3. The molecule has 1 fully saturated rings. The smallest absolute Gasteiger partial charge is 0.369 e. The van der Waals surface area contributed by atoms with Gasteiger partial charge in [-0.2, -0.15) is 13.2 Å². The van der Waals surface area contributed by atoms with Crippen LogP contribution < -0.4 is 4.90 Å². The number of aromatic nitrogens is 1. The van der Waals surface area contributed by atoms with E-state index >= 15 is 0 Å². The largest absolute Gasteiger partial charge is 0.416 e. The van der Waals surface area contributed by atoms with Gasteiger partial charge in [-0.3, -0.25) is 0 Å². The van der Waals surface area contributed by atoms with Crippen molar-refractivity contribution < 1.29 is 13.2 Å². The molecule has 4 rings (SSSR count). The highest BCUT2D eigenvalue weighted by Gasteiger charge is 2.31. The van der Waals surface area contributed by atoms with Gasteiger partial charge in [0.1, 0.15) is 0 Å². The zero-order valence-corrected chi connectivity index (χ0v) is 16.3. The van der Waals surface area contributed by atoms with Gasteiger partial charge >= 0.3 is 6.18 Å². The fraction of sp³-hybridized carbons (Fsp3) is 0.364. The molecule has 2 heterocycles. The quantitative estimate of drug-likeness (QED) is 0.601. The van der Waals surface area contributed by atoms with Crippen molar-refractivity contribution in [3.05, 3.63) is 59.8 Å². The number of rotatable bonds is 4. The Kier molecular flexibility index (Phi) is 4.62. The lowest BCUT2D eigenvalue weighted by molar-refractivity contribution is -0.137. The van der Waals surface area contributed by atoms with Gasteiger partial charge in [0.2, 0.25) is 0 Å². The van der Waals surface area contributed by atoms with Crippen molar-refractivity contribution in [2.45, 2.75) is 32.1 Å². The average molecular weight is 387 g/mol. The first-order valence-corrected chi connectivity index (χ1v) is 9.47. The number of hydrogen-bond acceptors (Lipinski definition) is 2. The van der Waals surface area contributed by atoms with E-state index in [9.17, 15) is 13.2 Å². The van der Waals surface area contributed by atoms with Gasteiger partial charge in [-0.15, -0.1) is 0 Å². The summed E-state index contributed by atoms with van der Waals surface area (Å²) in [5, 5.41) is 0.645. The SMILES string of the molecule is CC1CCN1c1cccc(-n2cc(CN(C)C)c3cc(C(F)(F)F)ccc32)c1. The van der Waals surface area contributed by atoms with E-state index in [1.54, 1.807) is 6.07 Å². The fourth-order valence-electron chi connectivity index (χ4n) is 3.88. The van der Waals surface area contributed by atoms with Crippen LogP contribution in [-0.4, -0.2) is 36.1 Å². The fourth-order valence-corrected chi connectivity index (χ4v) is 3.88. The third kappa shape index (κ3) is 3.37. The predicted octanol–water partition coefficient (Wildman–Crippen LogP) is 5.31. The number of anilines is 1.